The predicted octanol–water partition coefficient (Wildman–Crippen LogP) is 3.24. The molecule has 3 aromatic rings. The molecule has 0 aliphatic carbocycles. The van der Waals surface area contributed by atoms with E-state index in [0.29, 0.717) is 17.1 Å². The number of carbonyl (C=O) groups excluding carboxylic acids is 1. The second kappa shape index (κ2) is 6.91. The molecule has 0 saturated heterocycles. The molecule has 6 nitrogen and oxygen atoms in total. The summed E-state index contributed by atoms with van der Waals surface area (Å²) in [5.41, 5.74) is 0.551. The van der Waals surface area contributed by atoms with Crippen molar-refractivity contribution in [1.82, 2.24) is 10.1 Å². The third-order valence-electron chi connectivity index (χ3n) is 3.22. The molecule has 0 radical (unpaired) electrons. The lowest BCUT2D eigenvalue weighted by atomic mass is 10.2. The molecule has 0 unspecified atom stereocenters. The van der Waals surface area contributed by atoms with E-state index in [9.17, 15) is 9.18 Å². The van der Waals surface area contributed by atoms with E-state index >= 15 is 0 Å². The number of benzene rings is 2. The molecule has 0 amide bonds. The van der Waals surface area contributed by atoms with Gasteiger partial charge in [0, 0.05) is 5.56 Å². The Morgan fingerprint density at radius 2 is 2.04 bits per heavy atom. The number of halogens is 1. The number of carbonyl (C=O) groups is 1. The molecule has 0 bridgehead atoms. The van der Waals surface area contributed by atoms with E-state index in [1.807, 2.05) is 0 Å². The average Bonchev–Trinajstić information content (AvgIpc) is 3.09. The lowest BCUT2D eigenvalue weighted by molar-refractivity contribution is 0.0424. The predicted molar refractivity (Wildman–Crippen MR) is 81.8 cm³/mol. The van der Waals surface area contributed by atoms with Crippen molar-refractivity contribution in [2.24, 2.45) is 0 Å². The van der Waals surface area contributed by atoms with Crippen LogP contribution >= 0.6 is 0 Å². The summed E-state index contributed by atoms with van der Waals surface area (Å²) in [5, 5.41) is 3.82. The average molecular weight is 328 g/mol. The first-order valence-corrected chi connectivity index (χ1v) is 7.06. The van der Waals surface area contributed by atoms with Gasteiger partial charge in [-0.3, -0.25) is 0 Å². The monoisotopic (exact) mass is 328 g/mol. The Morgan fingerprint density at radius 1 is 1.21 bits per heavy atom. The highest BCUT2D eigenvalue weighted by atomic mass is 19.1. The third-order valence-corrected chi connectivity index (χ3v) is 3.22. The Morgan fingerprint density at radius 3 is 2.83 bits per heavy atom. The first kappa shape index (κ1) is 15.7. The largest absolute Gasteiger partial charge is 0.497 e. The van der Waals surface area contributed by atoms with Crippen LogP contribution < -0.4 is 4.74 Å². The van der Waals surface area contributed by atoms with E-state index in [1.54, 1.807) is 37.4 Å². The topological polar surface area (TPSA) is 74.5 Å². The standard InChI is InChI=1S/C17H13FN2O4/c1-22-12-6-4-5-11(9-12)16-19-15(24-20-16)10-23-17(21)13-7-2-3-8-14(13)18/h2-9H,10H2,1H3. The normalized spacial score (nSPS) is 10.4. The van der Waals surface area contributed by atoms with Crippen molar-refractivity contribution in [3.8, 4) is 17.1 Å². The van der Waals surface area contributed by atoms with E-state index in [1.165, 1.54) is 18.2 Å². The Balaban J connectivity index is 1.68. The zero-order valence-corrected chi connectivity index (χ0v) is 12.7. The molecule has 0 aliphatic heterocycles. The number of hydrogen-bond acceptors (Lipinski definition) is 6. The van der Waals surface area contributed by atoms with Crippen molar-refractivity contribution in [2.75, 3.05) is 7.11 Å². The van der Waals surface area contributed by atoms with Crippen molar-refractivity contribution < 1.29 is 23.2 Å². The lowest BCUT2D eigenvalue weighted by Crippen LogP contribution is -2.07. The summed E-state index contributed by atoms with van der Waals surface area (Å²) in [6, 6.07) is 12.7. The van der Waals surface area contributed by atoms with Gasteiger partial charge in [-0.2, -0.15) is 4.98 Å². The van der Waals surface area contributed by atoms with Gasteiger partial charge in [-0.1, -0.05) is 29.4 Å². The van der Waals surface area contributed by atoms with Crippen LogP contribution in [0, 0.1) is 5.82 Å². The highest BCUT2D eigenvalue weighted by molar-refractivity contribution is 5.89. The molecule has 0 aliphatic rings. The molecule has 2 aromatic carbocycles. The summed E-state index contributed by atoms with van der Waals surface area (Å²) in [6.07, 6.45) is 0. The SMILES string of the molecule is COc1cccc(-c2noc(COC(=O)c3ccccc3F)n2)c1. The van der Waals surface area contributed by atoms with Gasteiger partial charge in [0.2, 0.25) is 5.82 Å². The van der Waals surface area contributed by atoms with Crippen LogP contribution in [-0.4, -0.2) is 23.2 Å². The molecule has 1 aromatic heterocycles. The van der Waals surface area contributed by atoms with Crippen LogP contribution in [0.15, 0.2) is 53.1 Å². The molecule has 0 N–H and O–H groups in total. The molecule has 24 heavy (non-hydrogen) atoms. The van der Waals surface area contributed by atoms with Crippen LogP contribution in [0.2, 0.25) is 0 Å². The first-order chi connectivity index (χ1) is 11.7. The zero-order valence-electron chi connectivity index (χ0n) is 12.7. The molecular formula is C17H13FN2O4. The van der Waals surface area contributed by atoms with Gasteiger partial charge in [0.05, 0.1) is 12.7 Å². The molecular weight excluding hydrogens is 315 g/mol. The summed E-state index contributed by atoms with van der Waals surface area (Å²) in [5.74, 6) is -0.340. The fraction of sp³-hybridized carbons (Fsp3) is 0.118. The van der Waals surface area contributed by atoms with Gasteiger partial charge >= 0.3 is 5.97 Å². The third kappa shape index (κ3) is 3.40. The fourth-order valence-electron chi connectivity index (χ4n) is 2.02. The number of nitrogens with zero attached hydrogens (tertiary/aromatic N) is 2. The zero-order chi connectivity index (χ0) is 16.9. The minimum absolute atomic E-state index is 0.109. The fourth-order valence-corrected chi connectivity index (χ4v) is 2.02. The molecule has 0 fully saturated rings. The van der Waals surface area contributed by atoms with Crippen LogP contribution in [-0.2, 0) is 11.3 Å². The van der Waals surface area contributed by atoms with Crippen molar-refractivity contribution in [2.45, 2.75) is 6.61 Å². The van der Waals surface area contributed by atoms with Crippen molar-refractivity contribution in [1.29, 1.82) is 0 Å². The highest BCUT2D eigenvalue weighted by Crippen LogP contribution is 2.21. The molecule has 1 heterocycles. The smallest absolute Gasteiger partial charge is 0.341 e. The maximum absolute atomic E-state index is 13.5. The van der Waals surface area contributed by atoms with Crippen LogP contribution in [0.1, 0.15) is 16.2 Å². The van der Waals surface area contributed by atoms with Gasteiger partial charge in [0.15, 0.2) is 6.61 Å². The Bertz CT molecular complexity index is 863. The van der Waals surface area contributed by atoms with E-state index < -0.39 is 11.8 Å². The van der Waals surface area contributed by atoms with Gasteiger partial charge in [-0.25, -0.2) is 9.18 Å². The van der Waals surface area contributed by atoms with Gasteiger partial charge < -0.3 is 14.0 Å². The quantitative estimate of drug-likeness (QED) is 0.669. The van der Waals surface area contributed by atoms with E-state index in [4.69, 9.17) is 14.0 Å². The number of aromatic nitrogens is 2. The number of esters is 1. The van der Waals surface area contributed by atoms with Crippen molar-refractivity contribution in [3.05, 3.63) is 65.8 Å². The highest BCUT2D eigenvalue weighted by Gasteiger charge is 2.15. The Hall–Kier alpha value is -3.22. The minimum Gasteiger partial charge on any atom is -0.497 e. The number of ether oxygens (including phenoxy) is 2. The second-order valence-corrected chi connectivity index (χ2v) is 4.80. The summed E-state index contributed by atoms with van der Waals surface area (Å²) in [6.45, 7) is -0.246. The summed E-state index contributed by atoms with van der Waals surface area (Å²) in [4.78, 5) is 16.0. The molecule has 7 heteroatoms. The van der Waals surface area contributed by atoms with Crippen molar-refractivity contribution in [3.63, 3.8) is 0 Å². The molecule has 0 atom stereocenters. The van der Waals surface area contributed by atoms with Crippen LogP contribution in [0.5, 0.6) is 5.75 Å². The number of methoxy groups -OCH3 is 1. The Labute approximate surface area is 136 Å². The first-order valence-electron chi connectivity index (χ1n) is 7.06. The molecule has 0 saturated carbocycles. The number of rotatable bonds is 5. The van der Waals surface area contributed by atoms with E-state index in [0.717, 1.165) is 0 Å². The molecule has 0 spiro atoms. The van der Waals surface area contributed by atoms with Crippen LogP contribution in [0.25, 0.3) is 11.4 Å². The van der Waals surface area contributed by atoms with Gasteiger partial charge in [0.25, 0.3) is 5.89 Å². The van der Waals surface area contributed by atoms with Crippen LogP contribution in [0.4, 0.5) is 4.39 Å². The summed E-state index contributed by atoms with van der Waals surface area (Å²) >= 11 is 0. The Kier molecular flexibility index (Phi) is 4.51. The maximum atomic E-state index is 13.5. The van der Waals surface area contributed by atoms with E-state index in [2.05, 4.69) is 10.1 Å². The lowest BCUT2D eigenvalue weighted by Gasteiger charge is -2.02. The minimum atomic E-state index is -0.797. The summed E-state index contributed by atoms with van der Waals surface area (Å²) in [7, 11) is 1.56. The van der Waals surface area contributed by atoms with Gasteiger partial charge in [-0.15, -0.1) is 0 Å². The molecule has 122 valence electrons. The number of hydrogen-bond donors (Lipinski definition) is 0. The van der Waals surface area contributed by atoms with Gasteiger partial charge in [-0.05, 0) is 24.3 Å². The second-order valence-electron chi connectivity index (χ2n) is 4.80. The van der Waals surface area contributed by atoms with E-state index in [-0.39, 0.29) is 18.1 Å². The van der Waals surface area contributed by atoms with Crippen LogP contribution in [0.3, 0.4) is 0 Å². The summed E-state index contributed by atoms with van der Waals surface area (Å²) < 4.78 is 28.7. The molecule has 3 rings (SSSR count). The van der Waals surface area contributed by atoms with Crippen molar-refractivity contribution >= 4 is 5.97 Å². The maximum Gasteiger partial charge on any atom is 0.341 e. The van der Waals surface area contributed by atoms with Gasteiger partial charge in [0.1, 0.15) is 11.6 Å².